The van der Waals surface area contributed by atoms with E-state index in [2.05, 4.69) is 24.2 Å². The summed E-state index contributed by atoms with van der Waals surface area (Å²) in [6.45, 7) is 2.93. The van der Waals surface area contributed by atoms with Crippen molar-refractivity contribution in [2.75, 3.05) is 0 Å². The van der Waals surface area contributed by atoms with Gasteiger partial charge in [0.1, 0.15) is 12.4 Å². The first kappa shape index (κ1) is 12.6. The Kier molecular flexibility index (Phi) is 4.36. The molecule has 0 bridgehead atoms. The van der Waals surface area contributed by atoms with E-state index in [9.17, 15) is 0 Å². The lowest BCUT2D eigenvalue weighted by Gasteiger charge is -2.04. The fourth-order valence-electron chi connectivity index (χ4n) is 1.72. The van der Waals surface area contributed by atoms with Crippen LogP contribution in [0.1, 0.15) is 30.4 Å². The van der Waals surface area contributed by atoms with Gasteiger partial charge in [-0.2, -0.15) is 0 Å². The van der Waals surface area contributed by atoms with Crippen molar-refractivity contribution in [3.05, 3.63) is 47.3 Å². The van der Waals surface area contributed by atoms with Crippen LogP contribution in [0.4, 0.5) is 0 Å². The maximum absolute atomic E-state index is 5.61. The molecular weight excluding hydrogens is 228 g/mol. The highest BCUT2D eigenvalue weighted by Gasteiger charge is 2.03. The first-order valence-electron chi connectivity index (χ1n) is 6.18. The molecule has 1 aromatic carbocycles. The maximum Gasteiger partial charge on any atom is 0.174 e. The van der Waals surface area contributed by atoms with E-state index in [1.165, 1.54) is 5.56 Å². The lowest BCUT2D eigenvalue weighted by atomic mass is 10.1. The molecule has 0 radical (unpaired) electrons. The van der Waals surface area contributed by atoms with Crippen LogP contribution in [0.25, 0.3) is 0 Å². The van der Waals surface area contributed by atoms with Crippen LogP contribution in [0.3, 0.4) is 0 Å². The smallest absolute Gasteiger partial charge is 0.174 e. The number of benzene rings is 1. The molecule has 0 spiro atoms. The second-order valence-corrected chi connectivity index (χ2v) is 4.17. The first-order chi connectivity index (χ1) is 8.81. The highest BCUT2D eigenvalue weighted by Crippen LogP contribution is 2.15. The second-order valence-electron chi connectivity index (χ2n) is 4.17. The van der Waals surface area contributed by atoms with E-state index in [0.717, 1.165) is 24.3 Å². The Morgan fingerprint density at radius 2 is 2.06 bits per heavy atom. The molecule has 1 heterocycles. The van der Waals surface area contributed by atoms with E-state index < -0.39 is 0 Å². The average Bonchev–Trinajstić information content (AvgIpc) is 2.86. The van der Waals surface area contributed by atoms with Crippen molar-refractivity contribution < 1.29 is 9.26 Å². The average molecular weight is 246 g/mol. The molecule has 4 heteroatoms. The van der Waals surface area contributed by atoms with Crippen molar-refractivity contribution in [1.82, 2.24) is 5.16 Å². The monoisotopic (exact) mass is 246 g/mol. The third-order valence-corrected chi connectivity index (χ3v) is 2.66. The zero-order valence-corrected chi connectivity index (χ0v) is 10.6. The molecule has 0 atom stereocenters. The van der Waals surface area contributed by atoms with Crippen LogP contribution in [0, 0.1) is 0 Å². The minimum atomic E-state index is 0.375. The van der Waals surface area contributed by atoms with Gasteiger partial charge in [-0.3, -0.25) is 0 Å². The predicted molar refractivity (Wildman–Crippen MR) is 69.2 cm³/mol. The number of hydrogen-bond donors (Lipinski definition) is 1. The summed E-state index contributed by atoms with van der Waals surface area (Å²) < 4.78 is 10.7. The van der Waals surface area contributed by atoms with Gasteiger partial charge in [0.2, 0.25) is 0 Å². The number of aromatic nitrogens is 1. The third kappa shape index (κ3) is 3.34. The molecule has 2 N–H and O–H groups in total. The minimum absolute atomic E-state index is 0.375. The molecule has 1 aromatic heterocycles. The zero-order valence-electron chi connectivity index (χ0n) is 10.6. The highest BCUT2D eigenvalue weighted by molar-refractivity contribution is 5.27. The molecule has 0 aliphatic rings. The summed E-state index contributed by atoms with van der Waals surface area (Å²) in [6, 6.07) is 9.94. The Labute approximate surface area is 107 Å². The van der Waals surface area contributed by atoms with Crippen molar-refractivity contribution in [2.24, 2.45) is 5.73 Å². The Hall–Kier alpha value is -1.81. The molecule has 0 saturated heterocycles. The normalized spacial score (nSPS) is 10.6. The molecule has 0 aliphatic carbocycles. The van der Waals surface area contributed by atoms with Gasteiger partial charge in [-0.05, 0) is 24.1 Å². The van der Waals surface area contributed by atoms with Crippen LogP contribution in [0.2, 0.25) is 0 Å². The van der Waals surface area contributed by atoms with Gasteiger partial charge in [-0.15, -0.1) is 0 Å². The lowest BCUT2D eigenvalue weighted by Crippen LogP contribution is -1.96. The van der Waals surface area contributed by atoms with Crippen molar-refractivity contribution in [3.8, 4) is 5.75 Å². The van der Waals surface area contributed by atoms with Crippen molar-refractivity contribution in [2.45, 2.75) is 32.9 Å². The van der Waals surface area contributed by atoms with E-state index in [4.69, 9.17) is 15.0 Å². The summed E-state index contributed by atoms with van der Waals surface area (Å²) in [5, 5.41) is 3.81. The van der Waals surface area contributed by atoms with Gasteiger partial charge in [0.15, 0.2) is 5.76 Å². The third-order valence-electron chi connectivity index (χ3n) is 2.66. The largest absolute Gasteiger partial charge is 0.486 e. The first-order valence-corrected chi connectivity index (χ1v) is 6.18. The molecule has 0 unspecified atom stereocenters. The predicted octanol–water partition coefficient (Wildman–Crippen LogP) is 2.66. The number of hydrogen-bond acceptors (Lipinski definition) is 4. The van der Waals surface area contributed by atoms with Crippen molar-refractivity contribution in [3.63, 3.8) is 0 Å². The van der Waals surface area contributed by atoms with E-state index in [0.29, 0.717) is 18.9 Å². The van der Waals surface area contributed by atoms with Crippen LogP contribution in [0.15, 0.2) is 34.9 Å². The number of nitrogens with zero attached hydrogens (tertiary/aromatic N) is 1. The summed E-state index contributed by atoms with van der Waals surface area (Å²) in [5.41, 5.74) is 7.52. The highest BCUT2D eigenvalue weighted by atomic mass is 16.5. The van der Waals surface area contributed by atoms with E-state index in [-0.39, 0.29) is 0 Å². The van der Waals surface area contributed by atoms with E-state index in [1.54, 1.807) is 0 Å². The molecule has 2 aromatic rings. The van der Waals surface area contributed by atoms with E-state index >= 15 is 0 Å². The fourth-order valence-corrected chi connectivity index (χ4v) is 1.72. The number of rotatable bonds is 6. The number of nitrogens with two attached hydrogens (primary N) is 1. The summed E-state index contributed by atoms with van der Waals surface area (Å²) in [5.74, 6) is 1.52. The van der Waals surface area contributed by atoms with Crippen LogP contribution < -0.4 is 10.5 Å². The molecule has 0 saturated carbocycles. The molecular formula is C14H18N2O2. The summed E-state index contributed by atoms with van der Waals surface area (Å²) >= 11 is 0. The molecule has 96 valence electrons. The van der Waals surface area contributed by atoms with Gasteiger partial charge in [-0.25, -0.2) is 0 Å². The quantitative estimate of drug-likeness (QED) is 0.851. The number of aryl methyl sites for hydroxylation is 1. The van der Waals surface area contributed by atoms with Crippen molar-refractivity contribution in [1.29, 1.82) is 0 Å². The summed E-state index contributed by atoms with van der Waals surface area (Å²) in [4.78, 5) is 0. The van der Waals surface area contributed by atoms with Gasteiger partial charge in [-0.1, -0.05) is 30.6 Å². The number of ether oxygens (including phenoxy) is 1. The Bertz CT molecular complexity index is 477. The Balaban J connectivity index is 1.89. The molecule has 18 heavy (non-hydrogen) atoms. The standard InChI is InChI=1S/C14H18N2O2/c1-2-3-11-4-6-13(7-5-11)17-10-14-8-12(9-15)16-18-14/h4-8H,2-3,9-10,15H2,1H3. The second kappa shape index (κ2) is 6.21. The Morgan fingerprint density at radius 1 is 1.28 bits per heavy atom. The SMILES string of the molecule is CCCc1ccc(OCc2cc(CN)no2)cc1. The molecule has 2 rings (SSSR count). The molecule has 0 fully saturated rings. The van der Waals surface area contributed by atoms with Crippen LogP contribution in [0.5, 0.6) is 5.75 Å². The van der Waals surface area contributed by atoms with Crippen LogP contribution >= 0.6 is 0 Å². The van der Waals surface area contributed by atoms with Crippen LogP contribution in [-0.2, 0) is 19.6 Å². The Morgan fingerprint density at radius 3 is 2.67 bits per heavy atom. The van der Waals surface area contributed by atoms with E-state index in [1.807, 2.05) is 18.2 Å². The minimum Gasteiger partial charge on any atom is -0.486 e. The summed E-state index contributed by atoms with van der Waals surface area (Å²) in [7, 11) is 0. The zero-order chi connectivity index (χ0) is 12.8. The summed E-state index contributed by atoms with van der Waals surface area (Å²) in [6.07, 6.45) is 2.25. The van der Waals surface area contributed by atoms with Gasteiger partial charge in [0.05, 0.1) is 5.69 Å². The van der Waals surface area contributed by atoms with Crippen LogP contribution in [-0.4, -0.2) is 5.16 Å². The lowest BCUT2D eigenvalue weighted by molar-refractivity contribution is 0.248. The molecule has 0 amide bonds. The molecule has 4 nitrogen and oxygen atoms in total. The van der Waals surface area contributed by atoms with Gasteiger partial charge in [0, 0.05) is 12.6 Å². The molecule has 0 aliphatic heterocycles. The fraction of sp³-hybridized carbons (Fsp3) is 0.357. The maximum atomic E-state index is 5.61. The van der Waals surface area contributed by atoms with Gasteiger partial charge < -0.3 is 15.0 Å². The van der Waals surface area contributed by atoms with Gasteiger partial charge >= 0.3 is 0 Å². The topological polar surface area (TPSA) is 61.3 Å². The van der Waals surface area contributed by atoms with Crippen molar-refractivity contribution >= 4 is 0 Å². The van der Waals surface area contributed by atoms with Gasteiger partial charge in [0.25, 0.3) is 0 Å².